The molecule has 0 spiro atoms. The molecule has 1 saturated heterocycles. The quantitative estimate of drug-likeness (QED) is 0.854. The lowest BCUT2D eigenvalue weighted by Gasteiger charge is -2.19. The van der Waals surface area contributed by atoms with Crippen molar-refractivity contribution in [2.24, 2.45) is 0 Å². The van der Waals surface area contributed by atoms with Crippen LogP contribution in [0.5, 0.6) is 0 Å². The van der Waals surface area contributed by atoms with E-state index >= 15 is 0 Å². The van der Waals surface area contributed by atoms with Crippen molar-refractivity contribution in [3.63, 3.8) is 0 Å². The summed E-state index contributed by atoms with van der Waals surface area (Å²) >= 11 is 0. The Morgan fingerprint density at radius 2 is 2.16 bits per heavy atom. The standard InChI is InChI=1S/C12H17N3O4/c1-9(16)15-4-2-3-14(5-6-15)8-10-7-11(12(17)18)13-19-10/h7H,2-6,8H2,1H3,(H,17,18). The van der Waals surface area contributed by atoms with Crippen molar-refractivity contribution in [2.45, 2.75) is 19.9 Å². The highest BCUT2D eigenvalue weighted by atomic mass is 16.5. The summed E-state index contributed by atoms with van der Waals surface area (Å²) in [6.45, 7) is 5.16. The minimum Gasteiger partial charge on any atom is -0.476 e. The lowest BCUT2D eigenvalue weighted by atomic mass is 10.3. The monoisotopic (exact) mass is 267 g/mol. The molecule has 0 unspecified atom stereocenters. The fourth-order valence-corrected chi connectivity index (χ4v) is 2.15. The molecule has 2 heterocycles. The number of carboxylic acid groups (broad SMARTS) is 1. The SMILES string of the molecule is CC(=O)N1CCCN(Cc2cc(C(=O)O)no2)CC1. The maximum absolute atomic E-state index is 11.3. The smallest absolute Gasteiger partial charge is 0.358 e. The fraction of sp³-hybridized carbons (Fsp3) is 0.583. The van der Waals surface area contributed by atoms with Crippen LogP contribution in [-0.2, 0) is 11.3 Å². The maximum Gasteiger partial charge on any atom is 0.358 e. The predicted molar refractivity (Wildman–Crippen MR) is 65.6 cm³/mol. The number of aromatic nitrogens is 1. The molecule has 1 amide bonds. The minimum absolute atomic E-state index is 0.0739. The highest BCUT2D eigenvalue weighted by Gasteiger charge is 2.18. The van der Waals surface area contributed by atoms with Crippen LogP contribution in [0.2, 0.25) is 0 Å². The fourth-order valence-electron chi connectivity index (χ4n) is 2.15. The zero-order valence-electron chi connectivity index (χ0n) is 10.8. The van der Waals surface area contributed by atoms with E-state index in [0.717, 1.165) is 26.1 Å². The van der Waals surface area contributed by atoms with Crippen LogP contribution in [-0.4, -0.2) is 58.1 Å². The lowest BCUT2D eigenvalue weighted by molar-refractivity contribution is -0.128. The van der Waals surface area contributed by atoms with Gasteiger partial charge in [-0.1, -0.05) is 5.16 Å². The van der Waals surface area contributed by atoms with Gasteiger partial charge in [0.25, 0.3) is 0 Å². The number of hydrogen-bond donors (Lipinski definition) is 1. The number of carbonyl (C=O) groups is 2. The van der Waals surface area contributed by atoms with Crippen LogP contribution in [0, 0.1) is 0 Å². The molecule has 1 aliphatic rings. The first kappa shape index (κ1) is 13.5. The van der Waals surface area contributed by atoms with Crippen molar-refractivity contribution < 1.29 is 19.2 Å². The summed E-state index contributed by atoms with van der Waals surface area (Å²) in [7, 11) is 0. The molecule has 104 valence electrons. The van der Waals surface area contributed by atoms with Gasteiger partial charge in [-0.15, -0.1) is 0 Å². The molecule has 0 atom stereocenters. The maximum atomic E-state index is 11.3. The first-order valence-corrected chi connectivity index (χ1v) is 6.23. The highest BCUT2D eigenvalue weighted by molar-refractivity contribution is 5.85. The Hall–Kier alpha value is -1.89. The van der Waals surface area contributed by atoms with E-state index in [1.165, 1.54) is 6.07 Å². The number of carboxylic acids is 1. The van der Waals surface area contributed by atoms with Crippen molar-refractivity contribution in [2.75, 3.05) is 26.2 Å². The van der Waals surface area contributed by atoms with E-state index < -0.39 is 5.97 Å². The molecule has 0 radical (unpaired) electrons. The highest BCUT2D eigenvalue weighted by Crippen LogP contribution is 2.10. The van der Waals surface area contributed by atoms with Gasteiger partial charge in [-0.25, -0.2) is 4.79 Å². The number of hydrogen-bond acceptors (Lipinski definition) is 5. The van der Waals surface area contributed by atoms with Gasteiger partial charge in [0.15, 0.2) is 11.5 Å². The minimum atomic E-state index is -1.09. The third kappa shape index (κ3) is 3.54. The van der Waals surface area contributed by atoms with Crippen LogP contribution in [0.15, 0.2) is 10.6 Å². The zero-order chi connectivity index (χ0) is 13.8. The van der Waals surface area contributed by atoms with E-state index in [-0.39, 0.29) is 11.6 Å². The molecule has 2 rings (SSSR count). The Bertz CT molecular complexity index is 471. The zero-order valence-corrected chi connectivity index (χ0v) is 10.8. The average molecular weight is 267 g/mol. The molecule has 0 saturated carbocycles. The van der Waals surface area contributed by atoms with Gasteiger partial charge in [-0.05, 0) is 6.42 Å². The van der Waals surface area contributed by atoms with Crippen molar-refractivity contribution in [1.29, 1.82) is 0 Å². The summed E-state index contributed by atoms with van der Waals surface area (Å²) < 4.78 is 4.99. The molecule has 1 N–H and O–H groups in total. The van der Waals surface area contributed by atoms with E-state index in [2.05, 4.69) is 10.1 Å². The Balaban J connectivity index is 1.92. The van der Waals surface area contributed by atoms with Crippen molar-refractivity contribution in [3.8, 4) is 0 Å². The number of nitrogens with zero attached hydrogens (tertiary/aromatic N) is 3. The normalized spacial score (nSPS) is 17.2. The predicted octanol–water partition coefficient (Wildman–Crippen LogP) is 0.427. The second-order valence-corrected chi connectivity index (χ2v) is 4.62. The lowest BCUT2D eigenvalue weighted by Crippen LogP contribution is -2.33. The van der Waals surface area contributed by atoms with Gasteiger partial charge in [0.1, 0.15) is 0 Å². The van der Waals surface area contributed by atoms with Crippen molar-refractivity contribution >= 4 is 11.9 Å². The molecule has 1 aromatic rings. The third-order valence-corrected chi connectivity index (χ3v) is 3.19. The van der Waals surface area contributed by atoms with Gasteiger partial charge in [0, 0.05) is 39.2 Å². The molecular formula is C12H17N3O4. The van der Waals surface area contributed by atoms with Crippen LogP contribution < -0.4 is 0 Å². The van der Waals surface area contributed by atoms with Crippen LogP contribution >= 0.6 is 0 Å². The van der Waals surface area contributed by atoms with E-state index in [4.69, 9.17) is 9.63 Å². The summed E-state index contributed by atoms with van der Waals surface area (Å²) in [5.74, 6) is -0.461. The topological polar surface area (TPSA) is 86.9 Å². The largest absolute Gasteiger partial charge is 0.476 e. The molecule has 7 heteroatoms. The number of aromatic carboxylic acids is 1. The molecule has 0 bridgehead atoms. The summed E-state index contributed by atoms with van der Waals surface area (Å²) in [4.78, 5) is 26.0. The summed E-state index contributed by atoms with van der Waals surface area (Å²) in [6, 6.07) is 1.44. The average Bonchev–Trinajstić information content (AvgIpc) is 2.68. The first-order chi connectivity index (χ1) is 9.06. The Kier molecular flexibility index (Phi) is 4.16. The van der Waals surface area contributed by atoms with Crippen LogP contribution in [0.1, 0.15) is 29.6 Å². The van der Waals surface area contributed by atoms with E-state index in [0.29, 0.717) is 18.8 Å². The molecule has 1 aliphatic heterocycles. The number of rotatable bonds is 3. The molecule has 0 aromatic carbocycles. The van der Waals surface area contributed by atoms with Crippen molar-refractivity contribution in [3.05, 3.63) is 17.5 Å². The molecule has 7 nitrogen and oxygen atoms in total. The molecule has 1 fully saturated rings. The molecule has 0 aliphatic carbocycles. The summed E-state index contributed by atoms with van der Waals surface area (Å²) in [6.07, 6.45) is 0.902. The molecule has 19 heavy (non-hydrogen) atoms. The van der Waals surface area contributed by atoms with Gasteiger partial charge < -0.3 is 14.5 Å². The van der Waals surface area contributed by atoms with Crippen molar-refractivity contribution in [1.82, 2.24) is 15.0 Å². The second-order valence-electron chi connectivity index (χ2n) is 4.62. The Morgan fingerprint density at radius 1 is 1.37 bits per heavy atom. The van der Waals surface area contributed by atoms with E-state index in [9.17, 15) is 9.59 Å². The van der Waals surface area contributed by atoms with Crippen LogP contribution in [0.25, 0.3) is 0 Å². The van der Waals surface area contributed by atoms with Gasteiger partial charge in [-0.2, -0.15) is 0 Å². The molecule has 1 aromatic heterocycles. The van der Waals surface area contributed by atoms with Gasteiger partial charge in [0.05, 0.1) is 6.54 Å². The van der Waals surface area contributed by atoms with Crippen LogP contribution in [0.4, 0.5) is 0 Å². The third-order valence-electron chi connectivity index (χ3n) is 3.19. The Morgan fingerprint density at radius 3 is 2.79 bits per heavy atom. The van der Waals surface area contributed by atoms with E-state index in [1.807, 2.05) is 4.90 Å². The summed E-state index contributed by atoms with van der Waals surface area (Å²) in [5.41, 5.74) is -0.0739. The second kappa shape index (κ2) is 5.83. The van der Waals surface area contributed by atoms with Gasteiger partial charge in [0.2, 0.25) is 5.91 Å². The van der Waals surface area contributed by atoms with Gasteiger partial charge >= 0.3 is 5.97 Å². The Labute approximate surface area is 110 Å². The molecular weight excluding hydrogens is 250 g/mol. The van der Waals surface area contributed by atoms with Crippen LogP contribution in [0.3, 0.4) is 0 Å². The van der Waals surface area contributed by atoms with Gasteiger partial charge in [-0.3, -0.25) is 9.69 Å². The summed E-state index contributed by atoms with van der Waals surface area (Å²) in [5, 5.41) is 12.2. The first-order valence-electron chi connectivity index (χ1n) is 6.23. The van der Waals surface area contributed by atoms with E-state index in [1.54, 1.807) is 6.92 Å². The number of carbonyl (C=O) groups excluding carboxylic acids is 1. The number of amides is 1.